The lowest BCUT2D eigenvalue weighted by atomic mass is 10.1. The fourth-order valence-corrected chi connectivity index (χ4v) is 2.08. The third-order valence-corrected chi connectivity index (χ3v) is 3.61. The Labute approximate surface area is 134 Å². The van der Waals surface area contributed by atoms with Crippen LogP contribution in [0.15, 0.2) is 0 Å². The molecular formula is C16H27F5O2. The van der Waals surface area contributed by atoms with Crippen LogP contribution in [0.3, 0.4) is 0 Å². The van der Waals surface area contributed by atoms with Gasteiger partial charge >= 0.3 is 17.8 Å². The molecule has 0 amide bonds. The van der Waals surface area contributed by atoms with E-state index in [0.717, 1.165) is 19.3 Å². The number of rotatable bonds is 14. The molecule has 0 aromatic rings. The van der Waals surface area contributed by atoms with Crippen LogP contribution in [-0.2, 0) is 9.53 Å². The first-order chi connectivity index (χ1) is 10.8. The first-order valence-electron chi connectivity index (χ1n) is 8.28. The van der Waals surface area contributed by atoms with E-state index in [-0.39, 0.29) is 6.61 Å². The van der Waals surface area contributed by atoms with Crippen LogP contribution in [0.5, 0.6) is 0 Å². The van der Waals surface area contributed by atoms with Crippen LogP contribution in [0.2, 0.25) is 0 Å². The molecule has 0 spiro atoms. The number of halogens is 5. The maximum Gasteiger partial charge on any atom is 0.407 e. The molecule has 0 aliphatic carbocycles. The van der Waals surface area contributed by atoms with Gasteiger partial charge in [-0.05, 0) is 6.42 Å². The molecular weight excluding hydrogens is 319 g/mol. The number of hydrogen-bond donors (Lipinski definition) is 0. The third kappa shape index (κ3) is 8.51. The number of ether oxygens (including phenoxy) is 1. The number of carbonyl (C=O) groups is 1. The van der Waals surface area contributed by atoms with Gasteiger partial charge in [-0.25, -0.2) is 9.18 Å². The monoisotopic (exact) mass is 346 g/mol. The Bertz CT molecular complexity index is 322. The summed E-state index contributed by atoms with van der Waals surface area (Å²) in [6, 6.07) is 0. The molecule has 0 aliphatic rings. The van der Waals surface area contributed by atoms with Gasteiger partial charge < -0.3 is 4.74 Å². The number of esters is 1. The molecule has 23 heavy (non-hydrogen) atoms. The van der Waals surface area contributed by atoms with Crippen molar-refractivity contribution in [3.05, 3.63) is 0 Å². The SMILES string of the molecule is CCCCCCCCCCCCOC(=O)C(F)(F)C(F)(F)CF. The van der Waals surface area contributed by atoms with Crippen molar-refractivity contribution in [1.29, 1.82) is 0 Å². The molecule has 0 saturated carbocycles. The molecule has 0 aliphatic heterocycles. The first kappa shape index (κ1) is 22.1. The second-order valence-electron chi connectivity index (χ2n) is 5.73. The van der Waals surface area contributed by atoms with E-state index in [0.29, 0.717) is 12.8 Å². The predicted molar refractivity (Wildman–Crippen MR) is 78.7 cm³/mol. The fourth-order valence-electron chi connectivity index (χ4n) is 2.08. The highest BCUT2D eigenvalue weighted by atomic mass is 19.3. The van der Waals surface area contributed by atoms with Crippen LogP contribution in [0.4, 0.5) is 22.0 Å². The van der Waals surface area contributed by atoms with E-state index in [1.807, 2.05) is 0 Å². The van der Waals surface area contributed by atoms with Gasteiger partial charge in [0.15, 0.2) is 6.67 Å². The van der Waals surface area contributed by atoms with Crippen LogP contribution >= 0.6 is 0 Å². The van der Waals surface area contributed by atoms with Crippen molar-refractivity contribution in [2.45, 2.75) is 83.0 Å². The molecule has 0 saturated heterocycles. The van der Waals surface area contributed by atoms with Gasteiger partial charge in [0.1, 0.15) is 0 Å². The minimum absolute atomic E-state index is 0.332. The molecule has 0 N–H and O–H groups in total. The second kappa shape index (κ2) is 11.6. The van der Waals surface area contributed by atoms with Crippen LogP contribution in [0, 0.1) is 0 Å². The Balaban J connectivity index is 3.63. The quantitative estimate of drug-likeness (QED) is 0.229. The van der Waals surface area contributed by atoms with Crippen LogP contribution in [0.1, 0.15) is 71.1 Å². The molecule has 0 rings (SSSR count). The van der Waals surface area contributed by atoms with Gasteiger partial charge in [-0.3, -0.25) is 0 Å². The van der Waals surface area contributed by atoms with Gasteiger partial charge in [-0.2, -0.15) is 17.6 Å². The van der Waals surface area contributed by atoms with Crippen molar-refractivity contribution in [1.82, 2.24) is 0 Å². The van der Waals surface area contributed by atoms with Crippen LogP contribution in [0.25, 0.3) is 0 Å². The normalized spacial score (nSPS) is 12.4. The van der Waals surface area contributed by atoms with Crippen molar-refractivity contribution < 1.29 is 31.5 Å². The van der Waals surface area contributed by atoms with Gasteiger partial charge in [-0.1, -0.05) is 64.7 Å². The number of hydrogen-bond acceptors (Lipinski definition) is 2. The lowest BCUT2D eigenvalue weighted by Crippen LogP contribution is -2.49. The van der Waals surface area contributed by atoms with Crippen molar-refractivity contribution in [3.8, 4) is 0 Å². The summed E-state index contributed by atoms with van der Waals surface area (Å²) in [5.41, 5.74) is 0. The Morgan fingerprint density at radius 2 is 1.26 bits per heavy atom. The lowest BCUT2D eigenvalue weighted by molar-refractivity contribution is -0.232. The zero-order valence-corrected chi connectivity index (χ0v) is 13.7. The van der Waals surface area contributed by atoms with E-state index >= 15 is 0 Å². The highest BCUT2D eigenvalue weighted by Crippen LogP contribution is 2.35. The first-order valence-corrected chi connectivity index (χ1v) is 8.28. The van der Waals surface area contributed by atoms with Crippen LogP contribution in [-0.4, -0.2) is 31.1 Å². The van der Waals surface area contributed by atoms with Gasteiger partial charge in [0.25, 0.3) is 0 Å². The third-order valence-electron chi connectivity index (χ3n) is 3.61. The molecule has 2 nitrogen and oxygen atoms in total. The van der Waals surface area contributed by atoms with E-state index in [1.165, 1.54) is 32.1 Å². The summed E-state index contributed by atoms with van der Waals surface area (Å²) < 4.78 is 67.0. The molecule has 0 aromatic carbocycles. The molecule has 0 fully saturated rings. The Morgan fingerprint density at radius 3 is 1.70 bits per heavy atom. The highest BCUT2D eigenvalue weighted by molar-refractivity contribution is 5.78. The Kier molecular flexibility index (Phi) is 11.2. The summed E-state index contributed by atoms with van der Waals surface area (Å²) in [6.45, 7) is -0.804. The highest BCUT2D eigenvalue weighted by Gasteiger charge is 2.63. The summed E-state index contributed by atoms with van der Waals surface area (Å²) in [4.78, 5) is 10.9. The predicted octanol–water partition coefficient (Wildman–Crippen LogP) is 5.69. The summed E-state index contributed by atoms with van der Waals surface area (Å²) in [7, 11) is 0. The van der Waals surface area contributed by atoms with Gasteiger partial charge in [-0.15, -0.1) is 0 Å². The molecule has 138 valence electrons. The molecule has 7 heteroatoms. The van der Waals surface area contributed by atoms with E-state index in [1.54, 1.807) is 0 Å². The largest absolute Gasteiger partial charge is 0.461 e. The zero-order chi connectivity index (χ0) is 17.8. The fraction of sp³-hybridized carbons (Fsp3) is 0.938. The number of unbranched alkanes of at least 4 members (excludes halogenated alkanes) is 9. The van der Waals surface area contributed by atoms with E-state index in [2.05, 4.69) is 11.7 Å². The topological polar surface area (TPSA) is 26.3 Å². The molecule has 0 radical (unpaired) electrons. The van der Waals surface area contributed by atoms with Crippen LogP contribution < -0.4 is 0 Å². The summed E-state index contributed by atoms with van der Waals surface area (Å²) in [5.74, 6) is -12.5. The molecule has 0 bridgehead atoms. The average molecular weight is 346 g/mol. The average Bonchev–Trinajstić information content (AvgIpc) is 2.52. The van der Waals surface area contributed by atoms with Gasteiger partial charge in [0, 0.05) is 0 Å². The van der Waals surface area contributed by atoms with Crippen molar-refractivity contribution >= 4 is 5.97 Å². The molecule has 0 heterocycles. The van der Waals surface area contributed by atoms with Gasteiger partial charge in [0.05, 0.1) is 6.61 Å². The number of alkyl halides is 5. The second-order valence-corrected chi connectivity index (χ2v) is 5.73. The van der Waals surface area contributed by atoms with E-state index < -0.39 is 24.5 Å². The van der Waals surface area contributed by atoms with Crippen molar-refractivity contribution in [2.75, 3.05) is 13.3 Å². The van der Waals surface area contributed by atoms with Crippen molar-refractivity contribution in [3.63, 3.8) is 0 Å². The summed E-state index contributed by atoms with van der Waals surface area (Å²) >= 11 is 0. The molecule has 0 unspecified atom stereocenters. The minimum atomic E-state index is -5.12. The standard InChI is InChI=1S/C16H27F5O2/c1-2-3-4-5-6-7-8-9-10-11-12-23-14(22)16(20,21)15(18,19)13-17/h2-13H2,1H3. The smallest absolute Gasteiger partial charge is 0.407 e. The maximum absolute atomic E-state index is 12.9. The lowest BCUT2D eigenvalue weighted by Gasteiger charge is -2.22. The summed E-state index contributed by atoms with van der Waals surface area (Å²) in [6.07, 6.45) is 10.1. The maximum atomic E-state index is 12.9. The zero-order valence-electron chi connectivity index (χ0n) is 13.7. The van der Waals surface area contributed by atoms with E-state index in [9.17, 15) is 26.7 Å². The number of carbonyl (C=O) groups excluding carboxylic acids is 1. The summed E-state index contributed by atoms with van der Waals surface area (Å²) in [5, 5.41) is 0. The Hall–Kier alpha value is -0.880. The van der Waals surface area contributed by atoms with E-state index in [4.69, 9.17) is 0 Å². The minimum Gasteiger partial charge on any atom is -0.461 e. The molecule has 0 aromatic heterocycles. The van der Waals surface area contributed by atoms with Gasteiger partial charge in [0.2, 0.25) is 0 Å². The van der Waals surface area contributed by atoms with Crippen molar-refractivity contribution in [2.24, 2.45) is 0 Å². The molecule has 0 atom stereocenters. The Morgan fingerprint density at radius 1 is 0.826 bits per heavy atom.